The molecule has 35 heavy (non-hydrogen) atoms. The third kappa shape index (κ3) is 8.79. The quantitative estimate of drug-likeness (QED) is 0.112. The van der Waals surface area contributed by atoms with Crippen LogP contribution in [0.25, 0.3) is 0 Å². The molecule has 2 aliphatic rings. The molecule has 20 nitrogen and oxygen atoms in total. The van der Waals surface area contributed by atoms with E-state index in [1.807, 2.05) is 0 Å². The number of carbonyl (C=O) groups is 1. The van der Waals surface area contributed by atoms with Gasteiger partial charge in [0.25, 0.3) is 0 Å². The SMILES string of the molecule is O=C(O)C1=C[C@H](O)[C@@H](OS(=O)(=O)O)[C@H](O[C@H]2[C@H](O)[C@H](NS(=O)(=O)O)C(O)O[C@@H]2COS(=O)(=O)O)O1. The molecule has 0 radical (unpaired) electrons. The summed E-state index contributed by atoms with van der Waals surface area (Å²) in [4.78, 5) is 11.2. The lowest BCUT2D eigenvalue weighted by molar-refractivity contribution is -0.303. The first kappa shape index (κ1) is 29.6. The van der Waals surface area contributed by atoms with E-state index in [9.17, 15) is 45.4 Å². The van der Waals surface area contributed by atoms with Gasteiger partial charge in [-0.2, -0.15) is 30.0 Å². The number of hydrogen-bond acceptors (Lipinski definition) is 15. The molecule has 8 N–H and O–H groups in total. The van der Waals surface area contributed by atoms with Gasteiger partial charge in [0.1, 0.15) is 30.5 Å². The lowest BCUT2D eigenvalue weighted by Crippen LogP contribution is -2.66. The Hall–Kier alpha value is -1.58. The van der Waals surface area contributed by atoms with Gasteiger partial charge in [-0.1, -0.05) is 0 Å². The molecule has 0 aromatic heterocycles. The minimum Gasteiger partial charge on any atom is -0.475 e. The fourth-order valence-corrected chi connectivity index (χ4v) is 4.35. The smallest absolute Gasteiger partial charge is 0.397 e. The van der Waals surface area contributed by atoms with Crippen molar-refractivity contribution in [1.29, 1.82) is 0 Å². The number of ether oxygens (including phenoxy) is 3. The van der Waals surface area contributed by atoms with Crippen molar-refractivity contribution in [3.05, 3.63) is 11.8 Å². The molecule has 0 amide bonds. The van der Waals surface area contributed by atoms with Crippen LogP contribution in [0.15, 0.2) is 11.8 Å². The number of hydrogen-bond donors (Lipinski definition) is 8. The van der Waals surface area contributed by atoms with Crippen LogP contribution < -0.4 is 4.72 Å². The van der Waals surface area contributed by atoms with E-state index < -0.39 is 98.6 Å². The van der Waals surface area contributed by atoms with Crippen molar-refractivity contribution < 1.29 is 86.7 Å². The van der Waals surface area contributed by atoms with Crippen molar-refractivity contribution in [2.24, 2.45) is 0 Å². The van der Waals surface area contributed by atoms with E-state index in [1.165, 1.54) is 4.72 Å². The lowest BCUT2D eigenvalue weighted by Gasteiger charge is -2.44. The van der Waals surface area contributed by atoms with E-state index in [2.05, 4.69) is 8.37 Å². The second-order valence-electron chi connectivity index (χ2n) is 6.79. The highest BCUT2D eigenvalue weighted by atomic mass is 32.3. The van der Waals surface area contributed by atoms with E-state index in [0.717, 1.165) is 0 Å². The molecule has 8 atom stereocenters. The molecule has 2 aliphatic heterocycles. The largest absolute Gasteiger partial charge is 0.475 e. The Morgan fingerprint density at radius 1 is 1.00 bits per heavy atom. The van der Waals surface area contributed by atoms with Gasteiger partial charge in [0.15, 0.2) is 12.4 Å². The summed E-state index contributed by atoms with van der Waals surface area (Å²) < 4.78 is 117. The Balaban J connectivity index is 2.44. The van der Waals surface area contributed by atoms with Crippen LogP contribution in [-0.4, -0.2) is 121 Å². The molecule has 23 heteroatoms. The molecular formula is C12H19NO19S3. The van der Waals surface area contributed by atoms with Gasteiger partial charge in [-0.25, -0.2) is 13.2 Å². The zero-order chi connectivity index (χ0) is 26.9. The molecule has 1 unspecified atom stereocenters. The topological polar surface area (TPSA) is 319 Å². The van der Waals surface area contributed by atoms with Crippen molar-refractivity contribution in [2.45, 2.75) is 49.1 Å². The van der Waals surface area contributed by atoms with Gasteiger partial charge in [0, 0.05) is 0 Å². The predicted octanol–water partition coefficient (Wildman–Crippen LogP) is -5.10. The van der Waals surface area contributed by atoms with Crippen molar-refractivity contribution in [1.82, 2.24) is 4.72 Å². The fraction of sp³-hybridized carbons (Fsp3) is 0.750. The molecule has 0 bridgehead atoms. The third-order valence-corrected chi connectivity index (χ3v) is 5.73. The summed E-state index contributed by atoms with van der Waals surface area (Å²) in [6.07, 6.45) is -15.1. The van der Waals surface area contributed by atoms with Gasteiger partial charge in [-0.15, -0.1) is 0 Å². The van der Waals surface area contributed by atoms with Crippen LogP contribution in [-0.2, 0) is 58.5 Å². The van der Waals surface area contributed by atoms with E-state index in [0.29, 0.717) is 6.08 Å². The summed E-state index contributed by atoms with van der Waals surface area (Å²) in [6, 6.07) is -2.15. The monoisotopic (exact) mass is 577 g/mol. The molecule has 204 valence electrons. The van der Waals surface area contributed by atoms with E-state index in [1.54, 1.807) is 0 Å². The number of aliphatic hydroxyl groups is 3. The predicted molar refractivity (Wildman–Crippen MR) is 101 cm³/mol. The maximum absolute atomic E-state index is 11.2. The average Bonchev–Trinajstić information content (AvgIpc) is 2.65. The molecule has 0 spiro atoms. The van der Waals surface area contributed by atoms with Crippen LogP contribution in [0.5, 0.6) is 0 Å². The van der Waals surface area contributed by atoms with Crippen LogP contribution in [0.2, 0.25) is 0 Å². The van der Waals surface area contributed by atoms with E-state index in [-0.39, 0.29) is 0 Å². The fourth-order valence-electron chi connectivity index (χ4n) is 2.96. The number of aliphatic hydroxyl groups excluding tert-OH is 3. The number of carboxylic acids is 1. The Morgan fingerprint density at radius 3 is 2.09 bits per heavy atom. The summed E-state index contributed by atoms with van der Waals surface area (Å²) in [6.45, 7) is -1.25. The molecule has 0 aromatic carbocycles. The second kappa shape index (κ2) is 10.8. The maximum Gasteiger partial charge on any atom is 0.397 e. The molecule has 2 rings (SSSR count). The van der Waals surface area contributed by atoms with Crippen LogP contribution in [0.4, 0.5) is 0 Å². The Bertz CT molecular complexity index is 1130. The summed E-state index contributed by atoms with van der Waals surface area (Å²) in [5, 5.41) is 39.6. The standard InChI is InChI=1S/C12H19NO19S3/c14-3-1-4(10(16)17)30-12(8(3)32-35(25,26)27)31-9-5(2-28-34(22,23)24)29-11(18)6(7(9)15)13-33(19,20)21/h1,3,5-9,11-15,18H,2H2,(H,16,17)(H,19,20,21)(H,22,23,24)(H,25,26,27)/t3-,5+,6-,7+,8+,9+,11?,12-/m0/s1. The highest BCUT2D eigenvalue weighted by molar-refractivity contribution is 7.83. The third-order valence-electron chi connectivity index (χ3n) is 4.26. The van der Waals surface area contributed by atoms with Gasteiger partial charge >= 0.3 is 37.1 Å². The average molecular weight is 577 g/mol. The Labute approximate surface area is 196 Å². The number of nitrogens with one attached hydrogen (secondary N) is 1. The highest BCUT2D eigenvalue weighted by Gasteiger charge is 2.51. The van der Waals surface area contributed by atoms with Gasteiger partial charge in [0.05, 0.1) is 6.61 Å². The number of rotatable bonds is 10. The molecule has 0 saturated carbocycles. The van der Waals surface area contributed by atoms with Gasteiger partial charge in [0.2, 0.25) is 12.0 Å². The van der Waals surface area contributed by atoms with Crippen LogP contribution >= 0.6 is 0 Å². The lowest BCUT2D eigenvalue weighted by atomic mass is 9.97. The molecule has 0 aromatic rings. The van der Waals surface area contributed by atoms with Crippen LogP contribution in [0, 0.1) is 0 Å². The zero-order valence-corrected chi connectivity index (χ0v) is 19.1. The first-order valence-corrected chi connectivity index (χ1v) is 12.9. The normalized spacial score (nSPS) is 34.6. The molecule has 2 heterocycles. The first-order valence-electron chi connectivity index (χ1n) is 8.76. The van der Waals surface area contributed by atoms with E-state index in [4.69, 9.17) is 33.0 Å². The van der Waals surface area contributed by atoms with E-state index >= 15 is 0 Å². The van der Waals surface area contributed by atoms with Gasteiger partial charge < -0.3 is 34.6 Å². The Kier molecular flexibility index (Phi) is 9.15. The minimum atomic E-state index is -5.36. The number of carboxylic acid groups (broad SMARTS) is 1. The summed E-state index contributed by atoms with van der Waals surface area (Å²) >= 11 is 0. The van der Waals surface area contributed by atoms with Gasteiger partial charge in [-0.05, 0) is 6.08 Å². The molecular weight excluding hydrogens is 558 g/mol. The van der Waals surface area contributed by atoms with Gasteiger partial charge in [-0.3, -0.25) is 13.7 Å². The summed E-state index contributed by atoms with van der Waals surface area (Å²) in [5.74, 6) is -2.88. The summed E-state index contributed by atoms with van der Waals surface area (Å²) in [7, 11) is -15.7. The molecule has 0 aliphatic carbocycles. The Morgan fingerprint density at radius 2 is 1.60 bits per heavy atom. The van der Waals surface area contributed by atoms with Crippen molar-refractivity contribution in [3.8, 4) is 0 Å². The molecule has 1 fully saturated rings. The maximum atomic E-state index is 11.2. The number of aliphatic carboxylic acids is 1. The zero-order valence-electron chi connectivity index (χ0n) is 16.7. The second-order valence-corrected chi connectivity index (χ2v) is 10.1. The van der Waals surface area contributed by atoms with Crippen molar-refractivity contribution in [3.63, 3.8) is 0 Å². The summed E-state index contributed by atoms with van der Waals surface area (Å²) in [5.41, 5.74) is 0. The van der Waals surface area contributed by atoms with Crippen molar-refractivity contribution >= 4 is 37.1 Å². The molecule has 1 saturated heterocycles. The van der Waals surface area contributed by atoms with Crippen molar-refractivity contribution in [2.75, 3.05) is 6.61 Å². The highest BCUT2D eigenvalue weighted by Crippen LogP contribution is 2.30. The first-order chi connectivity index (χ1) is 15.8. The van der Waals surface area contributed by atoms with Crippen LogP contribution in [0.3, 0.4) is 0 Å². The minimum absolute atomic E-state index is 0.442. The van der Waals surface area contributed by atoms with Crippen LogP contribution in [0.1, 0.15) is 0 Å².